The molecule has 4 aromatic rings. The normalized spacial score (nSPS) is 14.7. The van der Waals surface area contributed by atoms with Gasteiger partial charge in [-0.2, -0.15) is 0 Å². The van der Waals surface area contributed by atoms with Crippen molar-refractivity contribution in [2.75, 3.05) is 0 Å². The van der Waals surface area contributed by atoms with Gasteiger partial charge in [-0.05, 0) is 0 Å². The van der Waals surface area contributed by atoms with Crippen LogP contribution in [0, 0.1) is 0 Å². The molecule has 3 heteroatoms. The van der Waals surface area contributed by atoms with E-state index in [2.05, 4.69) is 110 Å². The standard InChI is InChI=1S/C29H23.2ClH.Zr/c1-2-21-17-18-24-19-25(22-11-5-3-6-12-22)20-28(24)29(21)27-16-10-9-15-26(27)23-13-7-4-8-14-23;;;/h3-20H,2H2,1H3;2*1H;/q;;;+2/p-2. The summed E-state index contributed by atoms with van der Waals surface area (Å²) in [7, 11) is 13.6. The molecule has 1 unspecified atom stereocenters. The van der Waals surface area contributed by atoms with Crippen molar-refractivity contribution in [3.05, 3.63) is 119 Å². The first-order valence-corrected chi connectivity index (χ1v) is 18.7. The van der Waals surface area contributed by atoms with E-state index in [9.17, 15) is 0 Å². The van der Waals surface area contributed by atoms with Crippen LogP contribution in [-0.2, 0) is 25.8 Å². The Morgan fingerprint density at radius 2 is 1.28 bits per heavy atom. The molecule has 4 aromatic carbocycles. The van der Waals surface area contributed by atoms with Crippen molar-refractivity contribution in [2.45, 2.75) is 17.0 Å². The van der Waals surface area contributed by atoms with Crippen molar-refractivity contribution < 1.29 is 19.4 Å². The van der Waals surface area contributed by atoms with Gasteiger partial charge >= 0.3 is 207 Å². The molecule has 0 saturated carbocycles. The number of allylic oxidation sites excluding steroid dienone is 1. The Labute approximate surface area is 205 Å². The molecule has 0 aliphatic heterocycles. The van der Waals surface area contributed by atoms with E-state index in [1.807, 2.05) is 0 Å². The van der Waals surface area contributed by atoms with Crippen LogP contribution >= 0.6 is 17.0 Å². The van der Waals surface area contributed by atoms with Gasteiger partial charge < -0.3 is 0 Å². The van der Waals surface area contributed by atoms with E-state index < -0.39 is 19.4 Å². The summed E-state index contributed by atoms with van der Waals surface area (Å²) in [5.41, 5.74) is 11.5. The zero-order valence-electron chi connectivity index (χ0n) is 17.9. The average molecular weight is 534 g/mol. The van der Waals surface area contributed by atoms with Crippen LogP contribution in [0.2, 0.25) is 0 Å². The summed E-state index contributed by atoms with van der Waals surface area (Å²) < 4.78 is 0.145. The first-order valence-electron chi connectivity index (χ1n) is 10.9. The fourth-order valence-electron chi connectivity index (χ4n) is 4.79. The van der Waals surface area contributed by atoms with Gasteiger partial charge in [-0.3, -0.25) is 0 Å². The molecule has 0 bridgehead atoms. The van der Waals surface area contributed by atoms with Gasteiger partial charge in [0.25, 0.3) is 0 Å². The van der Waals surface area contributed by atoms with E-state index in [0.29, 0.717) is 0 Å². The molecule has 0 amide bonds. The number of hydrogen-bond donors (Lipinski definition) is 0. The van der Waals surface area contributed by atoms with E-state index in [1.54, 1.807) is 0 Å². The number of benzene rings is 4. The molecule has 0 heterocycles. The van der Waals surface area contributed by atoms with Gasteiger partial charge in [-0.15, -0.1) is 0 Å². The van der Waals surface area contributed by atoms with E-state index >= 15 is 0 Å². The molecule has 0 N–H and O–H groups in total. The molecule has 32 heavy (non-hydrogen) atoms. The van der Waals surface area contributed by atoms with Crippen LogP contribution in [-0.4, -0.2) is 0 Å². The maximum atomic E-state index is 6.78. The molecule has 0 fully saturated rings. The number of rotatable bonds is 5. The molecule has 1 aliphatic rings. The summed E-state index contributed by atoms with van der Waals surface area (Å²) in [6, 6.07) is 34.5. The fraction of sp³-hybridized carbons (Fsp3) is 0.103. The van der Waals surface area contributed by atoms with Gasteiger partial charge in [0.05, 0.1) is 0 Å². The quantitative estimate of drug-likeness (QED) is 0.240. The van der Waals surface area contributed by atoms with Crippen molar-refractivity contribution in [1.82, 2.24) is 0 Å². The Bertz CT molecular complexity index is 1280. The van der Waals surface area contributed by atoms with Gasteiger partial charge in [0.1, 0.15) is 0 Å². The fourth-order valence-corrected chi connectivity index (χ4v) is 9.96. The van der Waals surface area contributed by atoms with Gasteiger partial charge in [-0.25, -0.2) is 0 Å². The molecule has 5 rings (SSSR count). The third-order valence-corrected chi connectivity index (χ3v) is 11.5. The molecule has 157 valence electrons. The van der Waals surface area contributed by atoms with Crippen LogP contribution in [0.1, 0.15) is 32.8 Å². The van der Waals surface area contributed by atoms with Crippen molar-refractivity contribution in [3.8, 4) is 22.3 Å². The second-order valence-electron chi connectivity index (χ2n) is 8.06. The predicted octanol–water partition coefficient (Wildman–Crippen LogP) is 9.10. The Balaban J connectivity index is 1.78. The molecular formula is C29H23Cl2Zr. The third kappa shape index (κ3) is 3.96. The molecular weight excluding hydrogens is 510 g/mol. The molecule has 0 spiro atoms. The minimum absolute atomic E-state index is 0.145. The topological polar surface area (TPSA) is 0 Å². The van der Waals surface area contributed by atoms with Crippen LogP contribution in [0.3, 0.4) is 0 Å². The van der Waals surface area contributed by atoms with Gasteiger partial charge in [0.2, 0.25) is 0 Å². The monoisotopic (exact) mass is 531 g/mol. The maximum absolute atomic E-state index is 6.78. The summed E-state index contributed by atoms with van der Waals surface area (Å²) >= 11 is -2.65. The Kier molecular flexibility index (Phi) is 6.52. The molecule has 0 radical (unpaired) electrons. The predicted molar refractivity (Wildman–Crippen MR) is 135 cm³/mol. The zero-order valence-corrected chi connectivity index (χ0v) is 21.8. The minimum atomic E-state index is -2.65. The van der Waals surface area contributed by atoms with Gasteiger partial charge in [0.15, 0.2) is 0 Å². The third-order valence-electron chi connectivity index (χ3n) is 6.27. The summed E-state index contributed by atoms with van der Waals surface area (Å²) in [5.74, 6) is 0. The van der Waals surface area contributed by atoms with Crippen molar-refractivity contribution in [2.24, 2.45) is 0 Å². The number of fused-ring (bicyclic) bond motifs is 1. The van der Waals surface area contributed by atoms with Crippen LogP contribution < -0.4 is 0 Å². The molecule has 0 aromatic heterocycles. The van der Waals surface area contributed by atoms with Gasteiger partial charge in [0, 0.05) is 0 Å². The second kappa shape index (κ2) is 9.52. The van der Waals surface area contributed by atoms with E-state index in [0.717, 1.165) is 6.42 Å². The van der Waals surface area contributed by atoms with Crippen LogP contribution in [0.5, 0.6) is 0 Å². The second-order valence-corrected chi connectivity index (χ2v) is 16.9. The summed E-state index contributed by atoms with van der Waals surface area (Å²) in [6.45, 7) is 2.23. The number of halogens is 2. The first kappa shape index (κ1) is 21.9. The van der Waals surface area contributed by atoms with Gasteiger partial charge in [-0.1, -0.05) is 0 Å². The molecule has 1 aliphatic carbocycles. The summed E-state index contributed by atoms with van der Waals surface area (Å²) in [6.07, 6.45) is 3.33. The molecule has 0 saturated heterocycles. The summed E-state index contributed by atoms with van der Waals surface area (Å²) in [5, 5.41) is 0. The first-order chi connectivity index (χ1) is 15.7. The van der Waals surface area contributed by atoms with Crippen LogP contribution in [0.25, 0.3) is 33.9 Å². The van der Waals surface area contributed by atoms with E-state index in [1.165, 1.54) is 50.1 Å². The van der Waals surface area contributed by atoms with E-state index in [-0.39, 0.29) is 3.63 Å². The summed E-state index contributed by atoms with van der Waals surface area (Å²) in [4.78, 5) is 0. The van der Waals surface area contributed by atoms with Crippen molar-refractivity contribution in [3.63, 3.8) is 0 Å². The zero-order chi connectivity index (χ0) is 22.1. The molecule has 0 nitrogen and oxygen atoms in total. The van der Waals surface area contributed by atoms with Crippen molar-refractivity contribution in [1.29, 1.82) is 0 Å². The Morgan fingerprint density at radius 1 is 0.688 bits per heavy atom. The molecule has 1 atom stereocenters. The Hall–Kier alpha value is -1.92. The SMILES string of the molecule is CCc1ccc2c(c1-c1ccccc1-c1ccccc1)C=C(c1ccccc1)[CH]2[Zr]([Cl])[Cl]. The number of aryl methyl sites for hydroxylation is 1. The average Bonchev–Trinajstić information content (AvgIpc) is 3.24. The van der Waals surface area contributed by atoms with Crippen molar-refractivity contribution >= 4 is 28.7 Å². The van der Waals surface area contributed by atoms with Crippen LogP contribution in [0.15, 0.2) is 97.1 Å². The van der Waals surface area contributed by atoms with E-state index in [4.69, 9.17) is 17.0 Å². The Morgan fingerprint density at radius 3 is 1.91 bits per heavy atom. The number of hydrogen-bond acceptors (Lipinski definition) is 0. The van der Waals surface area contributed by atoms with Crippen LogP contribution in [0.4, 0.5) is 0 Å².